The molecule has 1 rings (SSSR count). The highest BCUT2D eigenvalue weighted by atomic mass is 16.4. The molecule has 1 atom stereocenters. The highest BCUT2D eigenvalue weighted by Crippen LogP contribution is 2.17. The number of aliphatic carboxylic acids is 1. The monoisotopic (exact) mass is 228 g/mol. The van der Waals surface area contributed by atoms with Gasteiger partial charge in [-0.2, -0.15) is 0 Å². The zero-order valence-corrected chi connectivity index (χ0v) is 10.1. The fraction of sp³-hybridized carbons (Fsp3) is 0.818. The Morgan fingerprint density at radius 1 is 1.50 bits per heavy atom. The van der Waals surface area contributed by atoms with E-state index in [0.717, 1.165) is 19.4 Å². The summed E-state index contributed by atoms with van der Waals surface area (Å²) in [5.41, 5.74) is -0.688. The fourth-order valence-electron chi connectivity index (χ4n) is 2.08. The molecule has 1 heterocycles. The highest BCUT2D eigenvalue weighted by molar-refractivity contribution is 5.83. The van der Waals surface area contributed by atoms with Gasteiger partial charge < -0.3 is 10.4 Å². The Morgan fingerprint density at radius 2 is 2.12 bits per heavy atom. The van der Waals surface area contributed by atoms with Crippen molar-refractivity contribution in [1.29, 1.82) is 0 Å². The highest BCUT2D eigenvalue weighted by Gasteiger charge is 2.32. The molecule has 1 saturated heterocycles. The van der Waals surface area contributed by atoms with E-state index in [2.05, 4.69) is 5.32 Å². The summed E-state index contributed by atoms with van der Waals surface area (Å²) in [4.78, 5) is 24.5. The molecule has 1 unspecified atom stereocenters. The van der Waals surface area contributed by atoms with Gasteiger partial charge in [-0.3, -0.25) is 14.5 Å². The number of carbonyl (C=O) groups is 2. The Balaban J connectivity index is 2.52. The maximum absolute atomic E-state index is 11.9. The third kappa shape index (κ3) is 3.48. The number of amides is 1. The first-order valence-electron chi connectivity index (χ1n) is 5.56. The van der Waals surface area contributed by atoms with Crippen LogP contribution >= 0.6 is 0 Å². The van der Waals surface area contributed by atoms with Crippen molar-refractivity contribution in [2.24, 2.45) is 0 Å². The molecular weight excluding hydrogens is 208 g/mol. The third-order valence-electron chi connectivity index (χ3n) is 2.88. The second-order valence-electron chi connectivity index (χ2n) is 5.08. The Morgan fingerprint density at radius 3 is 2.56 bits per heavy atom. The van der Waals surface area contributed by atoms with E-state index in [1.807, 2.05) is 11.9 Å². The molecule has 16 heavy (non-hydrogen) atoms. The smallest absolute Gasteiger partial charge is 0.305 e. The minimum Gasteiger partial charge on any atom is -0.481 e. The summed E-state index contributed by atoms with van der Waals surface area (Å²) in [5, 5.41) is 11.5. The number of nitrogens with one attached hydrogen (secondary N) is 1. The molecule has 1 fully saturated rings. The molecule has 1 amide bonds. The number of carboxylic acid groups (broad SMARTS) is 1. The number of rotatable bonds is 4. The summed E-state index contributed by atoms with van der Waals surface area (Å²) in [7, 11) is 1.92. The number of carbonyl (C=O) groups excluding carboxylic acids is 1. The molecule has 0 aromatic carbocycles. The summed E-state index contributed by atoms with van der Waals surface area (Å²) in [5.74, 6) is -0.962. The van der Waals surface area contributed by atoms with Gasteiger partial charge in [0.25, 0.3) is 0 Å². The molecule has 0 aromatic heterocycles. The van der Waals surface area contributed by atoms with E-state index in [4.69, 9.17) is 5.11 Å². The van der Waals surface area contributed by atoms with Crippen molar-refractivity contribution in [2.45, 2.75) is 44.7 Å². The summed E-state index contributed by atoms with van der Waals surface area (Å²) >= 11 is 0. The van der Waals surface area contributed by atoms with Crippen LogP contribution in [-0.2, 0) is 9.59 Å². The van der Waals surface area contributed by atoms with Crippen LogP contribution in [-0.4, -0.2) is 47.1 Å². The third-order valence-corrected chi connectivity index (χ3v) is 2.88. The first-order valence-corrected chi connectivity index (χ1v) is 5.56. The van der Waals surface area contributed by atoms with Crippen molar-refractivity contribution in [2.75, 3.05) is 13.6 Å². The lowest BCUT2D eigenvalue weighted by molar-refractivity contribution is -0.138. The minimum atomic E-state index is -0.898. The van der Waals surface area contributed by atoms with Crippen LogP contribution in [0.2, 0.25) is 0 Å². The van der Waals surface area contributed by atoms with Crippen molar-refractivity contribution >= 4 is 11.9 Å². The van der Waals surface area contributed by atoms with Gasteiger partial charge in [0.1, 0.15) is 0 Å². The Labute approximate surface area is 95.8 Å². The number of hydrogen-bond donors (Lipinski definition) is 2. The molecule has 5 heteroatoms. The van der Waals surface area contributed by atoms with Crippen LogP contribution in [0.3, 0.4) is 0 Å². The first-order chi connectivity index (χ1) is 7.32. The van der Waals surface area contributed by atoms with Crippen LogP contribution < -0.4 is 5.32 Å². The lowest BCUT2D eigenvalue weighted by atomic mass is 10.00. The molecule has 1 aliphatic heterocycles. The van der Waals surface area contributed by atoms with Gasteiger partial charge in [0, 0.05) is 5.54 Å². The van der Waals surface area contributed by atoms with Gasteiger partial charge in [0.05, 0.1) is 12.5 Å². The van der Waals surface area contributed by atoms with Crippen molar-refractivity contribution in [1.82, 2.24) is 10.2 Å². The van der Waals surface area contributed by atoms with Gasteiger partial charge >= 0.3 is 5.97 Å². The van der Waals surface area contributed by atoms with Crippen LogP contribution in [0.4, 0.5) is 0 Å². The second-order valence-corrected chi connectivity index (χ2v) is 5.08. The molecule has 2 N–H and O–H groups in total. The number of carboxylic acids is 1. The predicted octanol–water partition coefficient (Wildman–Crippen LogP) is 0.450. The van der Waals surface area contributed by atoms with Gasteiger partial charge in [0.15, 0.2) is 0 Å². The summed E-state index contributed by atoms with van der Waals surface area (Å²) in [6.07, 6.45) is 1.81. The van der Waals surface area contributed by atoms with Gasteiger partial charge in [0.2, 0.25) is 5.91 Å². The summed E-state index contributed by atoms with van der Waals surface area (Å²) < 4.78 is 0. The molecular formula is C11H20N2O3. The second kappa shape index (κ2) is 4.82. The number of likely N-dealkylation sites (tertiary alicyclic amines) is 1. The SMILES string of the molecule is CN1CCCC1C(=O)NC(C)(C)CC(=O)O. The number of nitrogens with zero attached hydrogens (tertiary/aromatic N) is 1. The first kappa shape index (κ1) is 13.0. The molecule has 92 valence electrons. The molecule has 0 radical (unpaired) electrons. The minimum absolute atomic E-state index is 0.0603. The van der Waals surface area contributed by atoms with Crippen molar-refractivity contribution in [3.8, 4) is 0 Å². The van der Waals surface area contributed by atoms with E-state index in [0.29, 0.717) is 0 Å². The van der Waals surface area contributed by atoms with E-state index in [1.165, 1.54) is 0 Å². The quantitative estimate of drug-likeness (QED) is 0.733. The zero-order chi connectivity index (χ0) is 12.3. The average molecular weight is 228 g/mol. The normalized spacial score (nSPS) is 22.1. The van der Waals surface area contributed by atoms with Crippen LogP contribution in [0.5, 0.6) is 0 Å². The van der Waals surface area contributed by atoms with Crippen LogP contribution in [0.15, 0.2) is 0 Å². The molecule has 0 saturated carbocycles. The van der Waals surface area contributed by atoms with Crippen molar-refractivity contribution in [3.63, 3.8) is 0 Å². The maximum atomic E-state index is 11.9. The van der Waals surface area contributed by atoms with E-state index < -0.39 is 11.5 Å². The van der Waals surface area contributed by atoms with Gasteiger partial charge in [-0.05, 0) is 40.3 Å². The van der Waals surface area contributed by atoms with Crippen molar-refractivity contribution < 1.29 is 14.7 Å². The molecule has 0 aliphatic carbocycles. The maximum Gasteiger partial charge on any atom is 0.305 e. The van der Waals surface area contributed by atoms with E-state index in [-0.39, 0.29) is 18.4 Å². The van der Waals surface area contributed by atoms with E-state index in [9.17, 15) is 9.59 Å². The van der Waals surface area contributed by atoms with Gasteiger partial charge in [-0.15, -0.1) is 0 Å². The predicted molar refractivity (Wildman–Crippen MR) is 60.1 cm³/mol. The lowest BCUT2D eigenvalue weighted by Gasteiger charge is -2.28. The Hall–Kier alpha value is -1.10. The van der Waals surface area contributed by atoms with Gasteiger partial charge in [-0.25, -0.2) is 0 Å². The molecule has 0 aromatic rings. The van der Waals surface area contributed by atoms with Crippen LogP contribution in [0.1, 0.15) is 33.1 Å². The Bertz CT molecular complexity index is 289. The number of likely N-dealkylation sites (N-methyl/N-ethyl adjacent to an activating group) is 1. The average Bonchev–Trinajstić information content (AvgIpc) is 2.47. The van der Waals surface area contributed by atoms with Crippen molar-refractivity contribution in [3.05, 3.63) is 0 Å². The Kier molecular flexibility index (Phi) is 3.91. The number of hydrogen-bond acceptors (Lipinski definition) is 3. The lowest BCUT2D eigenvalue weighted by Crippen LogP contribution is -2.51. The summed E-state index contributed by atoms with van der Waals surface area (Å²) in [6.45, 7) is 4.39. The van der Waals surface area contributed by atoms with E-state index >= 15 is 0 Å². The molecule has 1 aliphatic rings. The zero-order valence-electron chi connectivity index (χ0n) is 10.1. The molecule has 0 bridgehead atoms. The largest absolute Gasteiger partial charge is 0.481 e. The van der Waals surface area contributed by atoms with Crippen LogP contribution in [0.25, 0.3) is 0 Å². The fourth-order valence-corrected chi connectivity index (χ4v) is 2.08. The topological polar surface area (TPSA) is 69.6 Å². The van der Waals surface area contributed by atoms with Crippen LogP contribution in [0, 0.1) is 0 Å². The molecule has 0 spiro atoms. The van der Waals surface area contributed by atoms with E-state index in [1.54, 1.807) is 13.8 Å². The molecule has 5 nitrogen and oxygen atoms in total. The van der Waals surface area contributed by atoms with Gasteiger partial charge in [-0.1, -0.05) is 0 Å². The standard InChI is InChI=1S/C11H20N2O3/c1-11(2,7-9(14)15)12-10(16)8-5-4-6-13(8)3/h8H,4-7H2,1-3H3,(H,12,16)(H,14,15). The summed E-state index contributed by atoms with van der Waals surface area (Å²) in [6, 6.07) is -0.104.